The van der Waals surface area contributed by atoms with Gasteiger partial charge in [0.25, 0.3) is 5.56 Å². The number of halogens is 1. The number of hydrogen-bond acceptors (Lipinski definition) is 5. The van der Waals surface area contributed by atoms with Crippen LogP contribution in [0.15, 0.2) is 35.3 Å². The van der Waals surface area contributed by atoms with E-state index in [-0.39, 0.29) is 11.4 Å². The molecule has 7 heteroatoms. The van der Waals surface area contributed by atoms with Crippen LogP contribution >= 0.6 is 0 Å². The van der Waals surface area contributed by atoms with Crippen LogP contribution in [0.3, 0.4) is 0 Å². The number of aryl methyl sites for hydroxylation is 2. The Morgan fingerprint density at radius 2 is 1.93 bits per heavy atom. The lowest BCUT2D eigenvalue weighted by Gasteiger charge is -2.32. The summed E-state index contributed by atoms with van der Waals surface area (Å²) in [7, 11) is 0. The Kier molecular flexibility index (Phi) is 4.59. The highest BCUT2D eigenvalue weighted by atomic mass is 19.1. The van der Waals surface area contributed by atoms with Gasteiger partial charge in [-0.25, -0.2) is 19.3 Å². The van der Waals surface area contributed by atoms with E-state index in [2.05, 4.69) is 19.9 Å². The Hall–Kier alpha value is -2.83. The van der Waals surface area contributed by atoms with Crippen LogP contribution in [0, 0.1) is 25.6 Å². The molecule has 2 aromatic heterocycles. The highest BCUT2D eigenvalue weighted by Crippen LogP contribution is 2.22. The third kappa shape index (κ3) is 3.54. The third-order valence-electron chi connectivity index (χ3n) is 5.23. The maximum absolute atomic E-state index is 13.4. The molecule has 1 aliphatic rings. The quantitative estimate of drug-likeness (QED) is 0.712. The van der Waals surface area contributed by atoms with Crippen molar-refractivity contribution in [3.8, 4) is 0 Å². The Morgan fingerprint density at radius 1 is 1.15 bits per heavy atom. The molecule has 1 fully saturated rings. The highest BCUT2D eigenvalue weighted by Gasteiger charge is 2.22. The SMILES string of the molecule is Cc1ccnc(N2CCC(Cn3c(C)nc4cc(F)ccc4c3=O)CC2)n1. The van der Waals surface area contributed by atoms with Gasteiger partial charge in [-0.15, -0.1) is 0 Å². The molecule has 6 nitrogen and oxygen atoms in total. The summed E-state index contributed by atoms with van der Waals surface area (Å²) in [6.07, 6.45) is 3.71. The van der Waals surface area contributed by atoms with Crippen LogP contribution in [-0.4, -0.2) is 32.6 Å². The zero-order valence-corrected chi connectivity index (χ0v) is 15.5. The molecule has 3 heterocycles. The summed E-state index contributed by atoms with van der Waals surface area (Å²) in [4.78, 5) is 28.3. The fourth-order valence-electron chi connectivity index (χ4n) is 3.68. The van der Waals surface area contributed by atoms with Gasteiger partial charge in [0.05, 0.1) is 10.9 Å². The van der Waals surface area contributed by atoms with Crippen molar-refractivity contribution in [2.24, 2.45) is 5.92 Å². The van der Waals surface area contributed by atoms with Crippen molar-refractivity contribution in [2.45, 2.75) is 33.2 Å². The van der Waals surface area contributed by atoms with Gasteiger partial charge in [0.2, 0.25) is 5.95 Å². The maximum Gasteiger partial charge on any atom is 0.261 e. The van der Waals surface area contributed by atoms with E-state index in [1.54, 1.807) is 10.8 Å². The maximum atomic E-state index is 13.4. The molecule has 1 saturated heterocycles. The van der Waals surface area contributed by atoms with E-state index in [9.17, 15) is 9.18 Å². The van der Waals surface area contributed by atoms with Crippen molar-refractivity contribution in [3.63, 3.8) is 0 Å². The molecular formula is C20H22FN5O. The van der Waals surface area contributed by atoms with Crippen molar-refractivity contribution in [2.75, 3.05) is 18.0 Å². The predicted octanol–water partition coefficient (Wildman–Crippen LogP) is 2.86. The lowest BCUT2D eigenvalue weighted by Crippen LogP contribution is -2.37. The molecule has 140 valence electrons. The largest absolute Gasteiger partial charge is 0.341 e. The highest BCUT2D eigenvalue weighted by molar-refractivity contribution is 5.77. The minimum atomic E-state index is -0.378. The summed E-state index contributed by atoms with van der Waals surface area (Å²) in [5.74, 6) is 1.41. The van der Waals surface area contributed by atoms with E-state index >= 15 is 0 Å². The summed E-state index contributed by atoms with van der Waals surface area (Å²) in [5, 5.41) is 0.465. The van der Waals surface area contributed by atoms with Gasteiger partial charge in [0.15, 0.2) is 0 Å². The van der Waals surface area contributed by atoms with E-state index in [1.807, 2.05) is 19.9 Å². The van der Waals surface area contributed by atoms with Gasteiger partial charge in [0.1, 0.15) is 11.6 Å². The Balaban J connectivity index is 1.51. The smallest absolute Gasteiger partial charge is 0.261 e. The summed E-state index contributed by atoms with van der Waals surface area (Å²) in [6.45, 7) is 6.14. The lowest BCUT2D eigenvalue weighted by molar-refractivity contribution is 0.347. The van der Waals surface area contributed by atoms with Gasteiger partial charge in [0, 0.05) is 37.6 Å². The fourth-order valence-corrected chi connectivity index (χ4v) is 3.68. The van der Waals surface area contributed by atoms with Gasteiger partial charge in [-0.1, -0.05) is 0 Å². The van der Waals surface area contributed by atoms with Gasteiger partial charge in [-0.05, 0) is 50.8 Å². The molecule has 1 aromatic carbocycles. The van der Waals surface area contributed by atoms with Gasteiger partial charge in [-0.3, -0.25) is 9.36 Å². The second-order valence-electron chi connectivity index (χ2n) is 7.16. The molecule has 0 spiro atoms. The number of hydrogen-bond donors (Lipinski definition) is 0. The molecule has 1 aliphatic heterocycles. The first kappa shape index (κ1) is 17.6. The van der Waals surface area contributed by atoms with Crippen LogP contribution in [0.5, 0.6) is 0 Å². The number of fused-ring (bicyclic) bond motifs is 1. The van der Waals surface area contributed by atoms with E-state index in [4.69, 9.17) is 0 Å². The first-order valence-electron chi connectivity index (χ1n) is 9.22. The second-order valence-corrected chi connectivity index (χ2v) is 7.16. The summed E-state index contributed by atoms with van der Waals surface area (Å²) < 4.78 is 15.1. The monoisotopic (exact) mass is 367 g/mol. The molecule has 4 rings (SSSR count). The summed E-state index contributed by atoms with van der Waals surface area (Å²) in [5.41, 5.74) is 1.28. The first-order chi connectivity index (χ1) is 13.0. The zero-order valence-electron chi connectivity index (χ0n) is 15.5. The van der Waals surface area contributed by atoms with E-state index in [0.29, 0.717) is 29.2 Å². The number of piperidine rings is 1. The molecule has 0 amide bonds. The van der Waals surface area contributed by atoms with Crippen LogP contribution in [0.25, 0.3) is 10.9 Å². The molecule has 0 aliphatic carbocycles. The van der Waals surface area contributed by atoms with Crippen molar-refractivity contribution in [3.05, 3.63) is 58.2 Å². The minimum absolute atomic E-state index is 0.0954. The first-order valence-corrected chi connectivity index (χ1v) is 9.22. The molecule has 0 unspecified atom stereocenters. The zero-order chi connectivity index (χ0) is 19.0. The van der Waals surface area contributed by atoms with E-state index in [0.717, 1.165) is 37.6 Å². The molecule has 0 bridgehead atoms. The fraction of sp³-hybridized carbons (Fsp3) is 0.400. The second kappa shape index (κ2) is 7.06. The van der Waals surface area contributed by atoms with Crippen molar-refractivity contribution in [1.82, 2.24) is 19.5 Å². The Morgan fingerprint density at radius 3 is 2.67 bits per heavy atom. The normalized spacial score (nSPS) is 15.4. The molecule has 0 N–H and O–H groups in total. The number of rotatable bonds is 3. The van der Waals surface area contributed by atoms with Gasteiger partial charge >= 0.3 is 0 Å². The van der Waals surface area contributed by atoms with E-state index in [1.165, 1.54) is 18.2 Å². The molecule has 0 atom stereocenters. The number of anilines is 1. The van der Waals surface area contributed by atoms with E-state index < -0.39 is 0 Å². The number of nitrogens with zero attached hydrogens (tertiary/aromatic N) is 5. The molecular weight excluding hydrogens is 345 g/mol. The van der Waals surface area contributed by atoms with Crippen molar-refractivity contribution in [1.29, 1.82) is 0 Å². The molecule has 27 heavy (non-hydrogen) atoms. The number of benzene rings is 1. The topological polar surface area (TPSA) is 63.9 Å². The van der Waals surface area contributed by atoms with Crippen LogP contribution in [-0.2, 0) is 6.54 Å². The molecule has 0 saturated carbocycles. The average molecular weight is 367 g/mol. The Bertz CT molecular complexity index is 1040. The lowest BCUT2D eigenvalue weighted by atomic mass is 9.96. The van der Waals surface area contributed by atoms with Crippen LogP contribution in [0.4, 0.5) is 10.3 Å². The van der Waals surface area contributed by atoms with Gasteiger partial charge in [-0.2, -0.15) is 0 Å². The minimum Gasteiger partial charge on any atom is -0.341 e. The summed E-state index contributed by atoms with van der Waals surface area (Å²) in [6, 6.07) is 6.04. The Labute approximate surface area is 156 Å². The van der Waals surface area contributed by atoms with Crippen LogP contribution in [0.2, 0.25) is 0 Å². The molecule has 0 radical (unpaired) electrons. The number of aromatic nitrogens is 4. The third-order valence-corrected chi connectivity index (χ3v) is 5.23. The standard InChI is InChI=1S/C20H22FN5O/c1-13-5-8-22-20(23-13)25-9-6-15(7-10-25)12-26-14(2)24-18-11-16(21)3-4-17(18)19(26)27/h3-5,8,11,15H,6-7,9-10,12H2,1-2H3. The van der Waals surface area contributed by atoms with Crippen LogP contribution in [0.1, 0.15) is 24.4 Å². The predicted molar refractivity (Wildman–Crippen MR) is 102 cm³/mol. The summed E-state index contributed by atoms with van der Waals surface area (Å²) >= 11 is 0. The molecule has 3 aromatic rings. The van der Waals surface area contributed by atoms with Crippen molar-refractivity contribution < 1.29 is 4.39 Å². The van der Waals surface area contributed by atoms with Crippen molar-refractivity contribution >= 4 is 16.9 Å². The van der Waals surface area contributed by atoms with Crippen LogP contribution < -0.4 is 10.5 Å². The van der Waals surface area contributed by atoms with Gasteiger partial charge < -0.3 is 4.90 Å². The average Bonchev–Trinajstić information content (AvgIpc) is 2.65.